The number of aromatic nitrogens is 1. The van der Waals surface area contributed by atoms with E-state index in [9.17, 15) is 5.11 Å². The number of likely N-dealkylation sites (tertiary alicyclic amines) is 1. The topological polar surface area (TPSA) is 39.3 Å². The van der Waals surface area contributed by atoms with Gasteiger partial charge in [-0.15, -0.1) is 0 Å². The number of H-pyrrole nitrogens is 1. The average molecular weight is 274 g/mol. The zero-order chi connectivity index (χ0) is 14.4. The number of para-hydroxylation sites is 1. The zero-order valence-electron chi connectivity index (χ0n) is 12.6. The van der Waals surface area contributed by atoms with Gasteiger partial charge in [0.25, 0.3) is 0 Å². The summed E-state index contributed by atoms with van der Waals surface area (Å²) in [5.74, 6) is 0. The molecule has 1 aromatic heterocycles. The Morgan fingerprint density at radius 1 is 1.30 bits per heavy atom. The van der Waals surface area contributed by atoms with Crippen molar-refractivity contribution >= 4 is 10.9 Å². The van der Waals surface area contributed by atoms with Crippen molar-refractivity contribution in [1.82, 2.24) is 9.88 Å². The number of benzene rings is 1. The standard InChI is InChI=1S/C15H20N2O.C2H6/c18-11-13-4-3-8-17(13)9-7-12-10-16-15-6-2-1-5-14(12)15;1-2/h1-2,5-6,10,13,16,18H,3-4,7-9,11H2;1-2H3. The molecule has 3 rings (SSSR count). The van der Waals surface area contributed by atoms with E-state index in [1.54, 1.807) is 0 Å². The first-order chi connectivity index (χ1) is 9.88. The molecule has 1 saturated heterocycles. The van der Waals surface area contributed by atoms with Crippen molar-refractivity contribution in [2.24, 2.45) is 0 Å². The summed E-state index contributed by atoms with van der Waals surface area (Å²) < 4.78 is 0. The minimum atomic E-state index is 0.299. The molecular weight excluding hydrogens is 248 g/mol. The van der Waals surface area contributed by atoms with Crippen molar-refractivity contribution in [1.29, 1.82) is 0 Å². The molecule has 2 N–H and O–H groups in total. The number of aliphatic hydroxyl groups excluding tert-OH is 1. The van der Waals surface area contributed by atoms with Crippen LogP contribution in [0.4, 0.5) is 0 Å². The first-order valence-electron chi connectivity index (χ1n) is 7.78. The lowest BCUT2D eigenvalue weighted by Gasteiger charge is -2.22. The molecule has 110 valence electrons. The summed E-state index contributed by atoms with van der Waals surface area (Å²) >= 11 is 0. The van der Waals surface area contributed by atoms with Gasteiger partial charge in [-0.3, -0.25) is 4.90 Å². The van der Waals surface area contributed by atoms with Crippen LogP contribution in [-0.4, -0.2) is 40.7 Å². The van der Waals surface area contributed by atoms with E-state index < -0.39 is 0 Å². The maximum Gasteiger partial charge on any atom is 0.0586 e. The highest BCUT2D eigenvalue weighted by Gasteiger charge is 2.23. The van der Waals surface area contributed by atoms with Gasteiger partial charge in [-0.1, -0.05) is 32.0 Å². The van der Waals surface area contributed by atoms with Crippen LogP contribution in [0.3, 0.4) is 0 Å². The summed E-state index contributed by atoms with van der Waals surface area (Å²) in [5.41, 5.74) is 2.60. The third-order valence-electron chi connectivity index (χ3n) is 4.05. The van der Waals surface area contributed by atoms with Crippen LogP contribution in [0, 0.1) is 0 Å². The summed E-state index contributed by atoms with van der Waals surface area (Å²) in [6.45, 7) is 6.48. The van der Waals surface area contributed by atoms with Gasteiger partial charge < -0.3 is 10.1 Å². The van der Waals surface area contributed by atoms with E-state index in [1.165, 1.54) is 22.9 Å². The predicted molar refractivity (Wildman–Crippen MR) is 85.0 cm³/mol. The summed E-state index contributed by atoms with van der Waals surface area (Å²) in [7, 11) is 0. The Balaban J connectivity index is 0.000000704. The van der Waals surface area contributed by atoms with E-state index in [2.05, 4.69) is 40.3 Å². The molecule has 3 nitrogen and oxygen atoms in total. The van der Waals surface area contributed by atoms with Crippen LogP contribution in [0.25, 0.3) is 10.9 Å². The van der Waals surface area contributed by atoms with E-state index in [0.717, 1.165) is 25.9 Å². The van der Waals surface area contributed by atoms with E-state index >= 15 is 0 Å². The summed E-state index contributed by atoms with van der Waals surface area (Å²) in [5, 5.41) is 10.6. The Morgan fingerprint density at radius 2 is 2.10 bits per heavy atom. The highest BCUT2D eigenvalue weighted by atomic mass is 16.3. The molecule has 2 aromatic rings. The minimum Gasteiger partial charge on any atom is -0.395 e. The highest BCUT2D eigenvalue weighted by Crippen LogP contribution is 2.21. The summed E-state index contributed by atoms with van der Waals surface area (Å²) in [4.78, 5) is 5.74. The number of aliphatic hydroxyl groups is 1. The van der Waals surface area contributed by atoms with Crippen LogP contribution in [0.5, 0.6) is 0 Å². The molecule has 3 heteroatoms. The van der Waals surface area contributed by atoms with Gasteiger partial charge in [0.05, 0.1) is 6.61 Å². The lowest BCUT2D eigenvalue weighted by atomic mass is 10.1. The normalized spacial score (nSPS) is 19.1. The lowest BCUT2D eigenvalue weighted by molar-refractivity contribution is 0.160. The number of nitrogens with one attached hydrogen (secondary N) is 1. The molecule has 0 aliphatic carbocycles. The minimum absolute atomic E-state index is 0.299. The smallest absolute Gasteiger partial charge is 0.0586 e. The molecule has 1 fully saturated rings. The Hall–Kier alpha value is -1.32. The van der Waals surface area contributed by atoms with Gasteiger partial charge in [-0.2, -0.15) is 0 Å². The Morgan fingerprint density at radius 3 is 2.90 bits per heavy atom. The first-order valence-corrected chi connectivity index (χ1v) is 7.78. The molecule has 0 radical (unpaired) electrons. The van der Waals surface area contributed by atoms with Crippen molar-refractivity contribution < 1.29 is 5.11 Å². The highest BCUT2D eigenvalue weighted by molar-refractivity contribution is 5.83. The fraction of sp³-hybridized carbons (Fsp3) is 0.529. The van der Waals surface area contributed by atoms with Gasteiger partial charge in [-0.25, -0.2) is 0 Å². The largest absolute Gasteiger partial charge is 0.395 e. The SMILES string of the molecule is CC.OCC1CCCN1CCc1c[nH]c2ccccc12. The molecule has 1 unspecified atom stereocenters. The van der Waals surface area contributed by atoms with Crippen LogP contribution < -0.4 is 0 Å². The van der Waals surface area contributed by atoms with Gasteiger partial charge in [-0.05, 0) is 37.4 Å². The maximum atomic E-state index is 9.32. The second-order valence-electron chi connectivity index (χ2n) is 5.12. The first kappa shape index (κ1) is 15.1. The van der Waals surface area contributed by atoms with Crippen molar-refractivity contribution in [2.45, 2.75) is 39.2 Å². The molecule has 0 saturated carbocycles. The van der Waals surface area contributed by atoms with Crippen LogP contribution in [0.1, 0.15) is 32.3 Å². The average Bonchev–Trinajstić information content (AvgIpc) is 3.13. The van der Waals surface area contributed by atoms with E-state index in [4.69, 9.17) is 0 Å². The van der Waals surface area contributed by atoms with Crippen molar-refractivity contribution in [2.75, 3.05) is 19.7 Å². The van der Waals surface area contributed by atoms with Crippen molar-refractivity contribution in [3.63, 3.8) is 0 Å². The van der Waals surface area contributed by atoms with Gasteiger partial charge in [0.15, 0.2) is 0 Å². The molecule has 2 heterocycles. The van der Waals surface area contributed by atoms with Gasteiger partial charge in [0, 0.05) is 29.7 Å². The molecular formula is C17H26N2O. The second-order valence-corrected chi connectivity index (χ2v) is 5.12. The number of hydrogen-bond donors (Lipinski definition) is 2. The molecule has 20 heavy (non-hydrogen) atoms. The maximum absolute atomic E-state index is 9.32. The number of rotatable bonds is 4. The van der Waals surface area contributed by atoms with Gasteiger partial charge in [0.2, 0.25) is 0 Å². The third-order valence-corrected chi connectivity index (χ3v) is 4.05. The summed E-state index contributed by atoms with van der Waals surface area (Å²) in [6.07, 6.45) is 5.54. The molecule has 0 spiro atoms. The number of hydrogen-bond acceptors (Lipinski definition) is 2. The zero-order valence-corrected chi connectivity index (χ0v) is 12.6. The van der Waals surface area contributed by atoms with Crippen LogP contribution in [0.2, 0.25) is 0 Å². The Bertz CT molecular complexity index is 520. The van der Waals surface area contributed by atoms with Crippen LogP contribution in [-0.2, 0) is 6.42 Å². The quantitative estimate of drug-likeness (QED) is 0.898. The molecule has 1 aliphatic rings. The van der Waals surface area contributed by atoms with Gasteiger partial charge >= 0.3 is 0 Å². The molecule has 1 aromatic carbocycles. The third kappa shape index (κ3) is 3.22. The number of fused-ring (bicyclic) bond motifs is 1. The lowest BCUT2D eigenvalue weighted by Crippen LogP contribution is -2.33. The van der Waals surface area contributed by atoms with Crippen molar-refractivity contribution in [3.05, 3.63) is 36.0 Å². The predicted octanol–water partition coefficient (Wildman–Crippen LogP) is 3.19. The fourth-order valence-electron chi connectivity index (χ4n) is 3.00. The number of aromatic amines is 1. The van der Waals surface area contributed by atoms with Gasteiger partial charge in [0.1, 0.15) is 0 Å². The fourth-order valence-corrected chi connectivity index (χ4v) is 3.00. The number of nitrogens with zero attached hydrogens (tertiary/aromatic N) is 1. The molecule has 1 aliphatic heterocycles. The molecule has 0 amide bonds. The van der Waals surface area contributed by atoms with E-state index in [1.807, 2.05) is 13.8 Å². The Kier molecular flexibility index (Phi) is 5.62. The summed E-state index contributed by atoms with van der Waals surface area (Å²) in [6, 6.07) is 8.83. The second kappa shape index (κ2) is 7.46. The van der Waals surface area contributed by atoms with E-state index in [-0.39, 0.29) is 0 Å². The molecule has 1 atom stereocenters. The van der Waals surface area contributed by atoms with E-state index in [0.29, 0.717) is 12.6 Å². The Labute approximate surface area is 121 Å². The molecule has 0 bridgehead atoms. The van der Waals surface area contributed by atoms with Crippen LogP contribution in [0.15, 0.2) is 30.5 Å². The van der Waals surface area contributed by atoms with Crippen molar-refractivity contribution in [3.8, 4) is 0 Å². The van der Waals surface area contributed by atoms with Crippen LogP contribution >= 0.6 is 0 Å². The monoisotopic (exact) mass is 274 g/mol.